The van der Waals surface area contributed by atoms with E-state index in [4.69, 9.17) is 32.1 Å². The third-order valence-electron chi connectivity index (χ3n) is 6.50. The van der Waals surface area contributed by atoms with Gasteiger partial charge in [-0.3, -0.25) is 14.0 Å². The largest absolute Gasteiger partial charge is 0.455 e. The molecule has 1 fully saturated rings. The van der Waals surface area contributed by atoms with Gasteiger partial charge in [-0.05, 0) is 55.5 Å². The van der Waals surface area contributed by atoms with E-state index in [1.165, 1.54) is 19.0 Å². The molecule has 8 nitrogen and oxygen atoms in total. The van der Waals surface area contributed by atoms with Crippen molar-refractivity contribution in [2.45, 2.75) is 31.7 Å². The summed E-state index contributed by atoms with van der Waals surface area (Å²) in [5, 5.41) is 0.725. The number of para-hydroxylation sites is 2. The number of benzene rings is 2. The summed E-state index contributed by atoms with van der Waals surface area (Å²) in [6.07, 6.45) is 7.34. The molecule has 1 amide bonds. The lowest BCUT2D eigenvalue weighted by atomic mass is 10.1. The lowest BCUT2D eigenvalue weighted by Gasteiger charge is -2.38. The summed E-state index contributed by atoms with van der Waals surface area (Å²) >= 11 is 13.0. The number of nitrogens with zero attached hydrogens (tertiary/aromatic N) is 3. The van der Waals surface area contributed by atoms with Crippen molar-refractivity contribution in [3.8, 4) is 11.5 Å². The number of hydrogen-bond acceptors (Lipinski definition) is 7. The molecule has 0 radical (unpaired) electrons. The fourth-order valence-electron chi connectivity index (χ4n) is 4.57. The van der Waals surface area contributed by atoms with Crippen LogP contribution in [0.15, 0.2) is 54.9 Å². The Kier molecular flexibility index (Phi) is 7.81. The molecule has 2 aromatic carbocycles. The normalized spacial score (nSPS) is 15.3. The van der Waals surface area contributed by atoms with Crippen LogP contribution in [0, 0.1) is 0 Å². The van der Waals surface area contributed by atoms with Crippen molar-refractivity contribution in [2.75, 3.05) is 35.8 Å². The van der Waals surface area contributed by atoms with Gasteiger partial charge < -0.3 is 14.5 Å². The van der Waals surface area contributed by atoms with Crippen molar-refractivity contribution >= 4 is 50.6 Å². The lowest BCUT2D eigenvalue weighted by molar-refractivity contribution is 0.0984. The summed E-state index contributed by atoms with van der Waals surface area (Å²) in [6.45, 7) is 1.37. The van der Waals surface area contributed by atoms with Crippen LogP contribution in [0.2, 0.25) is 10.0 Å². The number of aryl methyl sites for hydroxylation is 1. The highest BCUT2D eigenvalue weighted by atomic mass is 35.5. The molecule has 0 atom stereocenters. The van der Waals surface area contributed by atoms with Gasteiger partial charge in [0, 0.05) is 42.6 Å². The van der Waals surface area contributed by atoms with Gasteiger partial charge in [0.2, 0.25) is 0 Å². The zero-order chi connectivity index (χ0) is 26.9. The number of halogens is 2. The van der Waals surface area contributed by atoms with E-state index in [0.717, 1.165) is 29.7 Å². The SMILES string of the molecule is CS(=O)(=O)OCCCc1cc(Cl)c(Oc2ccncc2C(=O)N2CCN(C3CC3)c3ccccc32)cc1Cl. The highest BCUT2D eigenvalue weighted by molar-refractivity contribution is 7.85. The van der Waals surface area contributed by atoms with Crippen molar-refractivity contribution in [2.24, 2.45) is 0 Å². The van der Waals surface area contributed by atoms with Crippen LogP contribution in [0.25, 0.3) is 0 Å². The van der Waals surface area contributed by atoms with Gasteiger partial charge in [0.15, 0.2) is 0 Å². The third kappa shape index (κ3) is 6.07. The van der Waals surface area contributed by atoms with Crippen molar-refractivity contribution < 1.29 is 22.1 Å². The van der Waals surface area contributed by atoms with Crippen molar-refractivity contribution in [3.05, 3.63) is 76.0 Å². The topological polar surface area (TPSA) is 89.0 Å². The fourth-order valence-corrected chi connectivity index (χ4v) is 5.46. The van der Waals surface area contributed by atoms with Crippen LogP contribution in [0.3, 0.4) is 0 Å². The minimum Gasteiger partial charge on any atom is -0.455 e. The van der Waals surface area contributed by atoms with Crippen LogP contribution >= 0.6 is 23.2 Å². The molecule has 0 spiro atoms. The van der Waals surface area contributed by atoms with Crippen LogP contribution in [-0.4, -0.2) is 51.3 Å². The highest BCUT2D eigenvalue weighted by Crippen LogP contribution is 2.41. The molecule has 0 unspecified atom stereocenters. The summed E-state index contributed by atoms with van der Waals surface area (Å²) in [4.78, 5) is 22.1. The van der Waals surface area contributed by atoms with Gasteiger partial charge in [-0.2, -0.15) is 8.42 Å². The molecule has 3 aromatic rings. The van der Waals surface area contributed by atoms with E-state index in [9.17, 15) is 13.2 Å². The maximum atomic E-state index is 13.8. The van der Waals surface area contributed by atoms with E-state index in [1.54, 1.807) is 29.3 Å². The van der Waals surface area contributed by atoms with E-state index >= 15 is 0 Å². The Labute approximate surface area is 232 Å². The maximum Gasteiger partial charge on any atom is 0.264 e. The number of carbonyl (C=O) groups is 1. The Morgan fingerprint density at radius 2 is 1.82 bits per heavy atom. The number of carbonyl (C=O) groups excluding carboxylic acids is 1. The first-order chi connectivity index (χ1) is 18.2. The predicted molar refractivity (Wildman–Crippen MR) is 148 cm³/mol. The van der Waals surface area contributed by atoms with Crippen LogP contribution in [0.1, 0.15) is 35.2 Å². The highest BCUT2D eigenvalue weighted by Gasteiger charge is 2.36. The van der Waals surface area contributed by atoms with Crippen molar-refractivity contribution in [1.82, 2.24) is 4.98 Å². The number of amides is 1. The Morgan fingerprint density at radius 3 is 2.55 bits per heavy atom. The number of pyridine rings is 1. The molecule has 0 bridgehead atoms. The van der Waals surface area contributed by atoms with Gasteiger partial charge in [-0.25, -0.2) is 0 Å². The fraction of sp³-hybridized carbons (Fsp3) is 0.333. The Balaban J connectivity index is 1.35. The van der Waals surface area contributed by atoms with E-state index in [2.05, 4.69) is 16.0 Å². The third-order valence-corrected chi connectivity index (χ3v) is 7.74. The number of ether oxygens (including phenoxy) is 1. The van der Waals surface area contributed by atoms with Crippen LogP contribution < -0.4 is 14.5 Å². The van der Waals surface area contributed by atoms with E-state index in [1.807, 2.05) is 18.2 Å². The molecule has 1 aromatic heterocycles. The molecule has 0 N–H and O–H groups in total. The second kappa shape index (κ2) is 11.1. The molecular formula is C27H27Cl2N3O5S. The van der Waals surface area contributed by atoms with Crippen LogP contribution in [0.4, 0.5) is 11.4 Å². The lowest BCUT2D eigenvalue weighted by Crippen LogP contribution is -2.45. The molecular weight excluding hydrogens is 549 g/mol. The van der Waals surface area contributed by atoms with Gasteiger partial charge in [0.25, 0.3) is 16.0 Å². The Morgan fingerprint density at radius 1 is 1.05 bits per heavy atom. The first kappa shape index (κ1) is 26.7. The standard InChI is InChI=1S/C27H27Cl2N3O5S/c1-38(34,35)36-14-4-5-18-15-22(29)26(16-21(18)28)37-25-10-11-30-17-20(25)27(33)32-13-12-31(19-8-9-19)23-6-2-3-7-24(23)32/h2-3,6-7,10-11,15-17,19H,4-5,8-9,12-14H2,1H3. The van der Waals surface area contributed by atoms with Gasteiger partial charge in [0.05, 0.1) is 29.3 Å². The van der Waals surface area contributed by atoms with Gasteiger partial charge in [-0.1, -0.05) is 35.3 Å². The van der Waals surface area contributed by atoms with Gasteiger partial charge in [0.1, 0.15) is 17.1 Å². The van der Waals surface area contributed by atoms with Crippen LogP contribution in [-0.2, 0) is 20.7 Å². The molecule has 2 aliphatic rings. The molecule has 38 heavy (non-hydrogen) atoms. The summed E-state index contributed by atoms with van der Waals surface area (Å²) < 4.78 is 33.2. The second-order valence-corrected chi connectivity index (χ2v) is 11.8. The second-order valence-electron chi connectivity index (χ2n) is 9.35. The first-order valence-corrected chi connectivity index (χ1v) is 14.9. The number of fused-ring (bicyclic) bond motifs is 1. The van der Waals surface area contributed by atoms with Crippen LogP contribution in [0.5, 0.6) is 11.5 Å². The Bertz CT molecular complexity index is 1460. The monoisotopic (exact) mass is 575 g/mol. The zero-order valence-electron chi connectivity index (χ0n) is 20.8. The molecule has 0 saturated heterocycles. The molecule has 5 rings (SSSR count). The average molecular weight is 577 g/mol. The summed E-state index contributed by atoms with van der Waals surface area (Å²) in [6, 6.07) is 13.4. The maximum absolute atomic E-state index is 13.8. The average Bonchev–Trinajstić information content (AvgIpc) is 3.73. The van der Waals surface area contributed by atoms with Crippen molar-refractivity contribution in [1.29, 1.82) is 0 Å². The molecule has 11 heteroatoms. The number of rotatable bonds is 9. The smallest absolute Gasteiger partial charge is 0.264 e. The quantitative estimate of drug-likeness (QED) is 0.238. The molecule has 1 aliphatic heterocycles. The first-order valence-electron chi connectivity index (χ1n) is 12.3. The number of anilines is 2. The summed E-state index contributed by atoms with van der Waals surface area (Å²) in [7, 11) is -3.50. The van der Waals surface area contributed by atoms with E-state index in [0.29, 0.717) is 52.5 Å². The molecule has 1 aliphatic carbocycles. The molecule has 2 heterocycles. The minimum atomic E-state index is -3.50. The zero-order valence-corrected chi connectivity index (χ0v) is 23.1. The predicted octanol–water partition coefficient (Wildman–Crippen LogP) is 5.72. The number of aromatic nitrogens is 1. The van der Waals surface area contributed by atoms with E-state index in [-0.39, 0.29) is 12.5 Å². The molecule has 1 saturated carbocycles. The summed E-state index contributed by atoms with van der Waals surface area (Å²) in [5.41, 5.74) is 2.98. The summed E-state index contributed by atoms with van der Waals surface area (Å²) in [5.74, 6) is 0.409. The van der Waals surface area contributed by atoms with E-state index < -0.39 is 10.1 Å². The van der Waals surface area contributed by atoms with Gasteiger partial charge >= 0.3 is 0 Å². The minimum absolute atomic E-state index is 0.0472. The van der Waals surface area contributed by atoms with Gasteiger partial charge in [-0.15, -0.1) is 0 Å². The Hall–Kier alpha value is -2.85. The molecule has 200 valence electrons. The van der Waals surface area contributed by atoms with Crippen molar-refractivity contribution in [3.63, 3.8) is 0 Å². The number of hydrogen-bond donors (Lipinski definition) is 0.